The molecule has 27 heavy (non-hydrogen) atoms. The lowest BCUT2D eigenvalue weighted by Gasteiger charge is -2.63. The summed E-state index contributed by atoms with van der Waals surface area (Å²) in [5.74, 6) is 1.92. The second-order valence-electron chi connectivity index (χ2n) is 9.59. The maximum atomic E-state index is 13.3. The Kier molecular flexibility index (Phi) is 4.15. The molecule has 4 saturated carbocycles. The van der Waals surface area contributed by atoms with Crippen molar-refractivity contribution in [3.8, 4) is 0 Å². The van der Waals surface area contributed by atoms with Gasteiger partial charge in [0.1, 0.15) is 12.2 Å². The number of likely N-dealkylation sites (tertiary alicyclic amines) is 1. The van der Waals surface area contributed by atoms with Crippen molar-refractivity contribution in [3.05, 3.63) is 35.9 Å². The molecule has 144 valence electrons. The average molecular weight is 367 g/mol. The van der Waals surface area contributed by atoms with Crippen LogP contribution in [0.4, 0.5) is 0 Å². The predicted molar refractivity (Wildman–Crippen MR) is 102 cm³/mol. The topological polar surface area (TPSA) is 57.6 Å². The van der Waals surface area contributed by atoms with E-state index in [4.69, 9.17) is 0 Å². The van der Waals surface area contributed by atoms with Crippen LogP contribution in [0.5, 0.6) is 0 Å². The summed E-state index contributed by atoms with van der Waals surface area (Å²) in [6, 6.07) is 10.4. The van der Waals surface area contributed by atoms with Crippen molar-refractivity contribution in [2.75, 3.05) is 13.1 Å². The summed E-state index contributed by atoms with van der Waals surface area (Å²) in [7, 11) is 0. The first kappa shape index (κ1) is 17.4. The Morgan fingerprint density at radius 3 is 2.19 bits per heavy atom. The lowest BCUT2D eigenvalue weighted by atomic mass is 9.41. The SMILES string of the molecule is O=CC(C(=O)N1CC(O)C1)C1(Cc2ccccc2)C2CC3CC(C2)CC1C3. The number of hydrogen-bond donors (Lipinski definition) is 1. The lowest BCUT2D eigenvalue weighted by Crippen LogP contribution is -2.63. The van der Waals surface area contributed by atoms with E-state index in [1.165, 1.54) is 37.7 Å². The molecule has 4 nitrogen and oxygen atoms in total. The van der Waals surface area contributed by atoms with Crippen LogP contribution < -0.4 is 0 Å². The molecule has 0 aromatic heterocycles. The van der Waals surface area contributed by atoms with Crippen LogP contribution in [0.3, 0.4) is 0 Å². The van der Waals surface area contributed by atoms with E-state index < -0.39 is 12.0 Å². The molecule has 1 aromatic rings. The van der Waals surface area contributed by atoms with Gasteiger partial charge in [0.05, 0.1) is 6.10 Å². The van der Waals surface area contributed by atoms with E-state index in [0.717, 1.165) is 24.5 Å². The summed E-state index contributed by atoms with van der Waals surface area (Å²) in [6.07, 6.45) is 7.43. The normalized spacial score (nSPS) is 38.5. The second-order valence-corrected chi connectivity index (χ2v) is 9.59. The molecule has 1 aliphatic heterocycles. The van der Waals surface area contributed by atoms with Crippen molar-refractivity contribution in [1.82, 2.24) is 4.90 Å². The Morgan fingerprint density at radius 1 is 1.07 bits per heavy atom. The number of benzene rings is 1. The number of aliphatic hydroxyl groups is 1. The van der Waals surface area contributed by atoms with Gasteiger partial charge in [-0.1, -0.05) is 30.3 Å². The maximum absolute atomic E-state index is 13.3. The number of aliphatic hydroxyl groups excluding tert-OH is 1. The van der Waals surface area contributed by atoms with Crippen molar-refractivity contribution in [2.24, 2.45) is 35.0 Å². The fraction of sp³-hybridized carbons (Fsp3) is 0.652. The van der Waals surface area contributed by atoms with E-state index >= 15 is 0 Å². The summed E-state index contributed by atoms with van der Waals surface area (Å²) in [6.45, 7) is 0.760. The molecule has 0 radical (unpaired) electrons. The Balaban J connectivity index is 1.53. The number of β-amino-alcohol motifs (C(OH)–C–C–N with tert-alkyl or cyclic N) is 1. The zero-order valence-electron chi connectivity index (χ0n) is 15.8. The molecule has 4 aliphatic carbocycles. The molecule has 1 amide bonds. The van der Waals surface area contributed by atoms with Crippen molar-refractivity contribution in [3.63, 3.8) is 0 Å². The van der Waals surface area contributed by atoms with Gasteiger partial charge in [0, 0.05) is 13.1 Å². The number of rotatable bonds is 5. The van der Waals surface area contributed by atoms with Gasteiger partial charge >= 0.3 is 0 Å². The molecule has 1 heterocycles. The second kappa shape index (κ2) is 6.44. The van der Waals surface area contributed by atoms with Crippen LogP contribution in [0.15, 0.2) is 30.3 Å². The summed E-state index contributed by atoms with van der Waals surface area (Å²) < 4.78 is 0. The fourth-order valence-electron chi connectivity index (χ4n) is 7.16. The molecule has 5 aliphatic rings. The predicted octanol–water partition coefficient (Wildman–Crippen LogP) is 2.69. The largest absolute Gasteiger partial charge is 0.389 e. The van der Waals surface area contributed by atoms with E-state index in [1.54, 1.807) is 4.90 Å². The van der Waals surface area contributed by atoms with Crippen molar-refractivity contribution < 1.29 is 14.7 Å². The highest BCUT2D eigenvalue weighted by molar-refractivity contribution is 5.93. The quantitative estimate of drug-likeness (QED) is 0.643. The first-order valence-electron chi connectivity index (χ1n) is 10.6. The Labute approximate surface area is 160 Å². The highest BCUT2D eigenvalue weighted by Gasteiger charge is 2.62. The molecule has 4 bridgehead atoms. The van der Waals surface area contributed by atoms with Crippen LogP contribution in [-0.4, -0.2) is 41.4 Å². The highest BCUT2D eigenvalue weighted by atomic mass is 16.3. The smallest absolute Gasteiger partial charge is 0.233 e. The molecule has 5 fully saturated rings. The third kappa shape index (κ3) is 2.67. The van der Waals surface area contributed by atoms with Crippen molar-refractivity contribution in [1.29, 1.82) is 0 Å². The first-order chi connectivity index (χ1) is 13.1. The molecule has 1 aromatic carbocycles. The molecular formula is C23H29NO3. The van der Waals surface area contributed by atoms with Gasteiger partial charge in [0.15, 0.2) is 0 Å². The van der Waals surface area contributed by atoms with Gasteiger partial charge in [-0.05, 0) is 73.2 Å². The summed E-state index contributed by atoms with van der Waals surface area (Å²) >= 11 is 0. The fourth-order valence-corrected chi connectivity index (χ4v) is 7.16. The van der Waals surface area contributed by atoms with Crippen LogP contribution in [0.2, 0.25) is 0 Å². The summed E-state index contributed by atoms with van der Waals surface area (Å²) in [5, 5.41) is 9.65. The number of carbonyl (C=O) groups excluding carboxylic acids is 2. The van der Waals surface area contributed by atoms with Gasteiger partial charge in [-0.2, -0.15) is 0 Å². The van der Waals surface area contributed by atoms with E-state index in [1.807, 2.05) is 6.07 Å². The number of hydrogen-bond acceptors (Lipinski definition) is 3. The number of carbonyl (C=O) groups is 2. The number of amides is 1. The summed E-state index contributed by atoms with van der Waals surface area (Å²) in [5.41, 5.74) is 1.00. The first-order valence-corrected chi connectivity index (χ1v) is 10.6. The van der Waals surface area contributed by atoms with Crippen LogP contribution in [-0.2, 0) is 16.0 Å². The highest BCUT2D eigenvalue weighted by Crippen LogP contribution is 2.65. The lowest BCUT2D eigenvalue weighted by molar-refractivity contribution is -0.174. The molecule has 6 rings (SSSR count). The van der Waals surface area contributed by atoms with Gasteiger partial charge in [0.25, 0.3) is 0 Å². The minimum atomic E-state index is -0.569. The molecule has 0 spiro atoms. The zero-order chi connectivity index (χ0) is 18.6. The van der Waals surface area contributed by atoms with Gasteiger partial charge in [-0.15, -0.1) is 0 Å². The standard InChI is InChI=1S/C23H29NO3/c25-14-21(22(27)24-12-20(26)13-24)23(11-15-4-2-1-3-5-15)18-7-16-6-17(9-18)10-19(23)8-16/h1-5,14,16-21,26H,6-13H2. The van der Waals surface area contributed by atoms with Crippen molar-refractivity contribution >= 4 is 12.2 Å². The number of nitrogens with zero attached hydrogens (tertiary/aromatic N) is 1. The molecule has 1 saturated heterocycles. The van der Waals surface area contributed by atoms with Gasteiger partial charge < -0.3 is 14.8 Å². The van der Waals surface area contributed by atoms with Crippen molar-refractivity contribution in [2.45, 2.75) is 44.6 Å². The van der Waals surface area contributed by atoms with Crippen LogP contribution in [0.25, 0.3) is 0 Å². The van der Waals surface area contributed by atoms with E-state index in [-0.39, 0.29) is 11.3 Å². The molecule has 1 atom stereocenters. The molecular weight excluding hydrogens is 338 g/mol. The van der Waals surface area contributed by atoms with Crippen LogP contribution in [0, 0.1) is 35.0 Å². The van der Waals surface area contributed by atoms with E-state index in [9.17, 15) is 14.7 Å². The van der Waals surface area contributed by atoms with Gasteiger partial charge in [-0.3, -0.25) is 4.79 Å². The minimum absolute atomic E-state index is 0.0429. The van der Waals surface area contributed by atoms with Crippen LogP contribution >= 0.6 is 0 Å². The molecule has 1 unspecified atom stereocenters. The summed E-state index contributed by atoms with van der Waals surface area (Å²) in [4.78, 5) is 27.4. The maximum Gasteiger partial charge on any atom is 0.233 e. The van der Waals surface area contributed by atoms with Gasteiger partial charge in [0.2, 0.25) is 5.91 Å². The molecule has 4 heteroatoms. The Bertz CT molecular complexity index is 696. The third-order valence-corrected chi connectivity index (χ3v) is 8.17. The monoisotopic (exact) mass is 367 g/mol. The number of aldehydes is 1. The third-order valence-electron chi connectivity index (χ3n) is 8.17. The molecule has 1 N–H and O–H groups in total. The zero-order valence-corrected chi connectivity index (χ0v) is 15.8. The van der Waals surface area contributed by atoms with Crippen LogP contribution in [0.1, 0.15) is 37.7 Å². The minimum Gasteiger partial charge on any atom is -0.389 e. The van der Waals surface area contributed by atoms with E-state index in [2.05, 4.69) is 24.3 Å². The van der Waals surface area contributed by atoms with E-state index in [0.29, 0.717) is 24.9 Å². The Morgan fingerprint density at radius 2 is 1.67 bits per heavy atom. The Hall–Kier alpha value is -1.68. The van der Waals surface area contributed by atoms with Gasteiger partial charge in [-0.25, -0.2) is 0 Å². The average Bonchev–Trinajstić information content (AvgIpc) is 2.64.